The summed E-state index contributed by atoms with van der Waals surface area (Å²) in [5, 5.41) is 8.55. The zero-order valence-corrected chi connectivity index (χ0v) is 15.3. The van der Waals surface area contributed by atoms with Crippen molar-refractivity contribution in [2.24, 2.45) is 5.92 Å². The number of amides is 1. The van der Waals surface area contributed by atoms with Crippen LogP contribution in [0.5, 0.6) is 0 Å². The summed E-state index contributed by atoms with van der Waals surface area (Å²) >= 11 is 0. The third-order valence-corrected chi connectivity index (χ3v) is 5.26. The van der Waals surface area contributed by atoms with Crippen LogP contribution in [0.2, 0.25) is 0 Å². The Morgan fingerprint density at radius 3 is 2.56 bits per heavy atom. The fourth-order valence-electron chi connectivity index (χ4n) is 3.63. The lowest BCUT2D eigenvalue weighted by atomic mass is 10.1. The van der Waals surface area contributed by atoms with Crippen molar-refractivity contribution in [2.75, 3.05) is 32.7 Å². The van der Waals surface area contributed by atoms with Crippen molar-refractivity contribution in [3.63, 3.8) is 0 Å². The Labute approximate surface area is 157 Å². The second kappa shape index (κ2) is 7.87. The van der Waals surface area contributed by atoms with E-state index in [-0.39, 0.29) is 17.4 Å². The van der Waals surface area contributed by atoms with E-state index in [1.54, 1.807) is 23.1 Å². The van der Waals surface area contributed by atoms with Gasteiger partial charge in [-0.2, -0.15) is 5.10 Å². The molecule has 2 aromatic rings. The van der Waals surface area contributed by atoms with Crippen molar-refractivity contribution < 1.29 is 4.79 Å². The maximum Gasteiger partial charge on any atom is 0.266 e. The number of allylic oxidation sites excluding steroid dienone is 2. The first-order chi connectivity index (χ1) is 13.2. The largest absolute Gasteiger partial charge is 0.340 e. The Morgan fingerprint density at radius 2 is 1.85 bits per heavy atom. The number of carbonyl (C=O) groups excluding carboxylic acids is 1. The zero-order valence-electron chi connectivity index (χ0n) is 15.3. The average molecular weight is 368 g/mol. The van der Waals surface area contributed by atoms with Gasteiger partial charge in [-0.3, -0.25) is 14.5 Å². The molecule has 2 aromatic heterocycles. The number of carbonyl (C=O) groups is 1. The topological polar surface area (TPSA) is 76.3 Å². The van der Waals surface area contributed by atoms with Gasteiger partial charge in [-0.15, -0.1) is 5.10 Å². The molecule has 0 saturated carbocycles. The lowest BCUT2D eigenvalue weighted by Crippen LogP contribution is -2.50. The van der Waals surface area contributed by atoms with E-state index in [4.69, 9.17) is 0 Å². The summed E-state index contributed by atoms with van der Waals surface area (Å²) in [6, 6.07) is 5.02. The fourth-order valence-corrected chi connectivity index (χ4v) is 3.63. The Bertz CT molecular complexity index is 857. The number of aromatic nitrogens is 4. The first kappa shape index (κ1) is 17.7. The van der Waals surface area contributed by atoms with Crippen LogP contribution in [0.15, 0.2) is 47.5 Å². The lowest BCUT2D eigenvalue weighted by molar-refractivity contribution is -0.136. The van der Waals surface area contributed by atoms with Gasteiger partial charge < -0.3 is 4.90 Å². The molecule has 1 fully saturated rings. The average Bonchev–Trinajstić information content (AvgIpc) is 3.41. The molecule has 0 bridgehead atoms. The molecule has 27 heavy (non-hydrogen) atoms. The predicted octanol–water partition coefficient (Wildman–Crippen LogP) is 0.539. The van der Waals surface area contributed by atoms with Crippen molar-refractivity contribution in [3.8, 4) is 5.82 Å². The summed E-state index contributed by atoms with van der Waals surface area (Å²) in [5.74, 6) is 1.05. The van der Waals surface area contributed by atoms with Crippen LogP contribution in [-0.2, 0) is 11.3 Å². The summed E-state index contributed by atoms with van der Waals surface area (Å²) in [4.78, 5) is 28.8. The van der Waals surface area contributed by atoms with E-state index < -0.39 is 0 Å². The molecule has 0 spiro atoms. The Hall–Kier alpha value is -2.74. The smallest absolute Gasteiger partial charge is 0.266 e. The van der Waals surface area contributed by atoms with Gasteiger partial charge in [-0.05, 0) is 25.0 Å². The molecule has 142 valence electrons. The van der Waals surface area contributed by atoms with Gasteiger partial charge in [0.2, 0.25) is 5.91 Å². The highest BCUT2D eigenvalue weighted by molar-refractivity contribution is 5.79. The normalized spacial score (nSPS) is 18.3. The molecule has 1 saturated heterocycles. The number of hydrogen-bond acceptors (Lipinski definition) is 5. The quantitative estimate of drug-likeness (QED) is 0.720. The van der Waals surface area contributed by atoms with Gasteiger partial charge in [0.1, 0.15) is 0 Å². The number of piperazine rings is 1. The van der Waals surface area contributed by atoms with E-state index in [9.17, 15) is 9.59 Å². The highest BCUT2D eigenvalue weighted by Gasteiger charge is 2.27. The van der Waals surface area contributed by atoms with Crippen LogP contribution in [0.3, 0.4) is 0 Å². The molecule has 0 radical (unpaired) electrons. The molecular formula is C19H24N6O2. The van der Waals surface area contributed by atoms with Crippen molar-refractivity contribution in [2.45, 2.75) is 19.4 Å². The fraction of sp³-hybridized carbons (Fsp3) is 0.474. The molecular weight excluding hydrogens is 344 g/mol. The van der Waals surface area contributed by atoms with Gasteiger partial charge in [-0.25, -0.2) is 9.36 Å². The van der Waals surface area contributed by atoms with E-state index in [0.717, 1.165) is 45.6 Å². The minimum atomic E-state index is -0.117. The molecule has 0 N–H and O–H groups in total. The zero-order chi connectivity index (χ0) is 18.6. The molecule has 8 nitrogen and oxygen atoms in total. The van der Waals surface area contributed by atoms with Crippen LogP contribution in [-0.4, -0.2) is 68.0 Å². The van der Waals surface area contributed by atoms with Crippen LogP contribution in [0.4, 0.5) is 0 Å². The predicted molar refractivity (Wildman–Crippen MR) is 101 cm³/mol. The maximum atomic E-state index is 12.5. The molecule has 4 rings (SSSR count). The van der Waals surface area contributed by atoms with Crippen LogP contribution in [0.1, 0.15) is 12.8 Å². The monoisotopic (exact) mass is 368 g/mol. The number of hydrogen-bond donors (Lipinski definition) is 0. The minimum Gasteiger partial charge on any atom is -0.340 e. The van der Waals surface area contributed by atoms with E-state index in [0.29, 0.717) is 12.4 Å². The molecule has 0 unspecified atom stereocenters. The van der Waals surface area contributed by atoms with Crippen molar-refractivity contribution in [1.29, 1.82) is 0 Å². The molecule has 1 aliphatic carbocycles. The second-order valence-electron chi connectivity index (χ2n) is 7.01. The first-order valence-corrected chi connectivity index (χ1v) is 9.45. The third kappa shape index (κ3) is 4.00. The van der Waals surface area contributed by atoms with Gasteiger partial charge in [0.15, 0.2) is 5.82 Å². The summed E-state index contributed by atoms with van der Waals surface area (Å²) in [6.45, 7) is 4.44. The summed E-state index contributed by atoms with van der Waals surface area (Å²) < 4.78 is 3.12. The second-order valence-corrected chi connectivity index (χ2v) is 7.01. The molecule has 8 heteroatoms. The molecule has 1 aliphatic heterocycles. The third-order valence-electron chi connectivity index (χ3n) is 5.26. The maximum absolute atomic E-state index is 12.5. The lowest BCUT2D eigenvalue weighted by Gasteiger charge is -2.36. The Balaban J connectivity index is 1.31. The van der Waals surface area contributed by atoms with Crippen LogP contribution < -0.4 is 5.56 Å². The standard InChI is InChI=1S/C19H24N6O2/c26-18-7-6-17(24-9-3-8-20-24)21-25(18)15-12-22-10-13-23(14-11-22)19(27)16-4-1-2-5-16/h1-3,6-9,16H,4-5,10-15H2. The molecule has 0 atom stereocenters. The van der Waals surface area contributed by atoms with Gasteiger partial charge in [0.25, 0.3) is 5.56 Å². The Morgan fingerprint density at radius 1 is 1.07 bits per heavy atom. The molecule has 3 heterocycles. The van der Waals surface area contributed by atoms with E-state index >= 15 is 0 Å². The van der Waals surface area contributed by atoms with Gasteiger partial charge in [-0.1, -0.05) is 12.2 Å². The number of rotatable bonds is 5. The highest BCUT2D eigenvalue weighted by atomic mass is 16.2. The Kier molecular flexibility index (Phi) is 5.15. The van der Waals surface area contributed by atoms with Gasteiger partial charge in [0.05, 0.1) is 6.54 Å². The SMILES string of the molecule is O=C(C1CC=CC1)N1CCN(CCn2nc(-n3cccn3)ccc2=O)CC1. The van der Waals surface area contributed by atoms with Crippen molar-refractivity contribution >= 4 is 5.91 Å². The van der Waals surface area contributed by atoms with E-state index in [2.05, 4.69) is 27.2 Å². The first-order valence-electron chi connectivity index (χ1n) is 9.45. The van der Waals surface area contributed by atoms with Gasteiger partial charge in [0, 0.05) is 57.1 Å². The van der Waals surface area contributed by atoms with Gasteiger partial charge >= 0.3 is 0 Å². The summed E-state index contributed by atoms with van der Waals surface area (Å²) in [6.07, 6.45) is 9.43. The molecule has 0 aromatic carbocycles. The molecule has 2 aliphatic rings. The number of nitrogens with zero attached hydrogens (tertiary/aromatic N) is 6. The summed E-state index contributed by atoms with van der Waals surface area (Å²) in [5.41, 5.74) is -0.117. The van der Waals surface area contributed by atoms with Crippen molar-refractivity contribution in [3.05, 3.63) is 53.1 Å². The van der Waals surface area contributed by atoms with E-state index in [1.807, 2.05) is 11.0 Å². The highest BCUT2D eigenvalue weighted by Crippen LogP contribution is 2.21. The minimum absolute atomic E-state index is 0.117. The molecule has 1 amide bonds. The van der Waals surface area contributed by atoms with Crippen LogP contribution in [0, 0.1) is 5.92 Å². The van der Waals surface area contributed by atoms with Crippen LogP contribution in [0.25, 0.3) is 5.82 Å². The van der Waals surface area contributed by atoms with E-state index in [1.165, 1.54) is 10.7 Å². The van der Waals surface area contributed by atoms with Crippen LogP contribution >= 0.6 is 0 Å². The summed E-state index contributed by atoms with van der Waals surface area (Å²) in [7, 11) is 0. The van der Waals surface area contributed by atoms with Crippen molar-refractivity contribution in [1.82, 2.24) is 29.4 Å².